The minimum absolute atomic E-state index is 0.277. The van der Waals surface area contributed by atoms with E-state index in [1.807, 2.05) is 0 Å². The lowest BCUT2D eigenvalue weighted by Crippen LogP contribution is -2.32. The topological polar surface area (TPSA) is 88.8 Å². The van der Waals surface area contributed by atoms with E-state index in [1.165, 1.54) is 13.2 Å². The number of carboxylic acid groups (broad SMARTS) is 1. The lowest BCUT2D eigenvalue weighted by Gasteiger charge is -2.12. The van der Waals surface area contributed by atoms with Gasteiger partial charge in [0.2, 0.25) is 5.91 Å². The molecule has 0 aliphatic carbocycles. The van der Waals surface area contributed by atoms with Gasteiger partial charge in [-0.1, -0.05) is 0 Å². The molecule has 0 spiro atoms. The SMILES string of the molecule is CC(NC(=O)CO[C@H](C)C(=O)O)c1ccco1. The summed E-state index contributed by atoms with van der Waals surface area (Å²) < 4.78 is 9.95. The van der Waals surface area contributed by atoms with E-state index in [4.69, 9.17) is 14.3 Å². The lowest BCUT2D eigenvalue weighted by molar-refractivity contribution is -0.150. The summed E-state index contributed by atoms with van der Waals surface area (Å²) in [5.41, 5.74) is 0. The molecule has 0 aliphatic rings. The molecule has 0 aliphatic heterocycles. The van der Waals surface area contributed by atoms with Crippen LogP contribution in [0.15, 0.2) is 22.8 Å². The molecule has 0 saturated heterocycles. The summed E-state index contributed by atoms with van der Waals surface area (Å²) in [6.45, 7) is 2.83. The quantitative estimate of drug-likeness (QED) is 0.774. The second-order valence-corrected chi connectivity index (χ2v) is 3.60. The maximum absolute atomic E-state index is 11.4. The first-order chi connectivity index (χ1) is 8.00. The van der Waals surface area contributed by atoms with Crippen molar-refractivity contribution in [3.05, 3.63) is 24.2 Å². The molecule has 1 unspecified atom stereocenters. The van der Waals surface area contributed by atoms with Crippen LogP contribution >= 0.6 is 0 Å². The number of carboxylic acids is 1. The Morgan fingerprint density at radius 2 is 2.24 bits per heavy atom. The highest BCUT2D eigenvalue weighted by molar-refractivity contribution is 5.78. The number of carbonyl (C=O) groups excluding carboxylic acids is 1. The summed E-state index contributed by atoms with van der Waals surface area (Å²) in [7, 11) is 0. The summed E-state index contributed by atoms with van der Waals surface area (Å²) in [5, 5.41) is 11.2. The third-order valence-electron chi connectivity index (χ3n) is 2.16. The fraction of sp³-hybridized carbons (Fsp3) is 0.455. The summed E-state index contributed by atoms with van der Waals surface area (Å²) in [4.78, 5) is 21.9. The minimum atomic E-state index is -1.10. The van der Waals surface area contributed by atoms with Crippen LogP contribution in [0.25, 0.3) is 0 Å². The number of ether oxygens (including phenoxy) is 1. The fourth-order valence-corrected chi connectivity index (χ4v) is 1.16. The van der Waals surface area contributed by atoms with Crippen LogP contribution in [0.2, 0.25) is 0 Å². The Kier molecular flexibility index (Phi) is 4.71. The van der Waals surface area contributed by atoms with Crippen LogP contribution in [0.1, 0.15) is 25.6 Å². The van der Waals surface area contributed by atoms with Crippen molar-refractivity contribution in [1.82, 2.24) is 5.32 Å². The van der Waals surface area contributed by atoms with Crippen molar-refractivity contribution < 1.29 is 23.8 Å². The Bertz CT molecular complexity index is 373. The van der Waals surface area contributed by atoms with Crippen molar-refractivity contribution in [3.63, 3.8) is 0 Å². The van der Waals surface area contributed by atoms with E-state index in [-0.39, 0.29) is 18.6 Å². The molecule has 1 aromatic heterocycles. The van der Waals surface area contributed by atoms with E-state index in [0.717, 1.165) is 0 Å². The molecule has 1 amide bonds. The summed E-state index contributed by atoms with van der Waals surface area (Å²) in [6.07, 6.45) is 0.515. The van der Waals surface area contributed by atoms with Crippen molar-refractivity contribution in [2.45, 2.75) is 26.0 Å². The van der Waals surface area contributed by atoms with Gasteiger partial charge in [-0.05, 0) is 26.0 Å². The van der Waals surface area contributed by atoms with Crippen LogP contribution in [0.3, 0.4) is 0 Å². The second-order valence-electron chi connectivity index (χ2n) is 3.60. The number of carbonyl (C=O) groups is 2. The van der Waals surface area contributed by atoms with Crippen LogP contribution in [0.4, 0.5) is 0 Å². The average molecular weight is 241 g/mol. The molecule has 0 radical (unpaired) electrons. The van der Waals surface area contributed by atoms with Gasteiger partial charge in [-0.15, -0.1) is 0 Å². The zero-order valence-corrected chi connectivity index (χ0v) is 9.67. The second kappa shape index (κ2) is 6.05. The van der Waals surface area contributed by atoms with E-state index in [0.29, 0.717) is 5.76 Å². The number of amides is 1. The smallest absolute Gasteiger partial charge is 0.332 e. The molecule has 0 aromatic carbocycles. The van der Waals surface area contributed by atoms with Crippen LogP contribution in [0.5, 0.6) is 0 Å². The molecule has 1 heterocycles. The summed E-state index contributed by atoms with van der Waals surface area (Å²) in [6, 6.07) is 3.19. The Hall–Kier alpha value is -1.82. The van der Waals surface area contributed by atoms with Crippen LogP contribution in [0, 0.1) is 0 Å². The summed E-state index contributed by atoms with van der Waals surface area (Å²) in [5.74, 6) is -0.858. The van der Waals surface area contributed by atoms with Crippen molar-refractivity contribution in [2.75, 3.05) is 6.61 Å². The van der Waals surface area contributed by atoms with Gasteiger partial charge in [0.05, 0.1) is 12.3 Å². The van der Waals surface area contributed by atoms with Gasteiger partial charge < -0.3 is 19.6 Å². The Morgan fingerprint density at radius 1 is 1.53 bits per heavy atom. The number of rotatable bonds is 6. The first kappa shape index (κ1) is 13.2. The monoisotopic (exact) mass is 241 g/mol. The van der Waals surface area contributed by atoms with Crippen LogP contribution in [-0.2, 0) is 14.3 Å². The normalized spacial score (nSPS) is 14.0. The molecule has 17 heavy (non-hydrogen) atoms. The molecule has 0 bridgehead atoms. The minimum Gasteiger partial charge on any atom is -0.479 e. The highest BCUT2D eigenvalue weighted by Crippen LogP contribution is 2.11. The molecule has 2 atom stereocenters. The zero-order chi connectivity index (χ0) is 12.8. The Balaban J connectivity index is 2.32. The van der Waals surface area contributed by atoms with E-state index < -0.39 is 12.1 Å². The van der Waals surface area contributed by atoms with Gasteiger partial charge in [0.25, 0.3) is 0 Å². The first-order valence-electron chi connectivity index (χ1n) is 5.18. The Labute approximate surface area is 98.6 Å². The molecule has 0 saturated carbocycles. The van der Waals surface area contributed by atoms with Crippen LogP contribution in [-0.4, -0.2) is 29.7 Å². The van der Waals surface area contributed by atoms with Gasteiger partial charge in [-0.2, -0.15) is 0 Å². The maximum Gasteiger partial charge on any atom is 0.332 e. The van der Waals surface area contributed by atoms with E-state index in [9.17, 15) is 9.59 Å². The standard InChI is InChI=1S/C11H15NO5/c1-7(9-4-3-5-16-9)12-10(13)6-17-8(2)11(14)15/h3-5,7-8H,6H2,1-2H3,(H,12,13)(H,14,15)/t7?,8-/m1/s1. The molecule has 6 nitrogen and oxygen atoms in total. The lowest BCUT2D eigenvalue weighted by atomic mass is 10.2. The van der Waals surface area contributed by atoms with Crippen LogP contribution < -0.4 is 5.32 Å². The van der Waals surface area contributed by atoms with Crippen molar-refractivity contribution in [3.8, 4) is 0 Å². The largest absolute Gasteiger partial charge is 0.479 e. The highest BCUT2D eigenvalue weighted by Gasteiger charge is 2.15. The zero-order valence-electron chi connectivity index (χ0n) is 9.67. The van der Waals surface area contributed by atoms with E-state index in [1.54, 1.807) is 19.1 Å². The van der Waals surface area contributed by atoms with Gasteiger partial charge >= 0.3 is 5.97 Å². The van der Waals surface area contributed by atoms with Crippen molar-refractivity contribution in [2.24, 2.45) is 0 Å². The van der Waals surface area contributed by atoms with Crippen molar-refractivity contribution in [1.29, 1.82) is 0 Å². The first-order valence-corrected chi connectivity index (χ1v) is 5.18. The molecule has 2 N–H and O–H groups in total. The van der Waals surface area contributed by atoms with Gasteiger partial charge in [0.15, 0.2) is 6.10 Å². The number of aliphatic carboxylic acids is 1. The van der Waals surface area contributed by atoms with Gasteiger partial charge in [-0.3, -0.25) is 4.79 Å². The van der Waals surface area contributed by atoms with Gasteiger partial charge in [0.1, 0.15) is 12.4 Å². The van der Waals surface area contributed by atoms with E-state index >= 15 is 0 Å². The molecular weight excluding hydrogens is 226 g/mol. The molecular formula is C11H15NO5. The van der Waals surface area contributed by atoms with Gasteiger partial charge in [0, 0.05) is 0 Å². The van der Waals surface area contributed by atoms with Crippen molar-refractivity contribution >= 4 is 11.9 Å². The predicted molar refractivity (Wildman–Crippen MR) is 58.3 cm³/mol. The molecule has 0 fully saturated rings. The Morgan fingerprint density at radius 3 is 2.76 bits per heavy atom. The van der Waals surface area contributed by atoms with Gasteiger partial charge in [-0.25, -0.2) is 4.79 Å². The third kappa shape index (κ3) is 4.28. The molecule has 6 heteroatoms. The summed E-state index contributed by atoms with van der Waals surface area (Å²) >= 11 is 0. The number of furan rings is 1. The third-order valence-corrected chi connectivity index (χ3v) is 2.16. The number of hydrogen-bond acceptors (Lipinski definition) is 4. The highest BCUT2D eigenvalue weighted by atomic mass is 16.5. The maximum atomic E-state index is 11.4. The molecule has 94 valence electrons. The predicted octanol–water partition coefficient (Wildman–Crippen LogP) is 0.946. The number of hydrogen-bond donors (Lipinski definition) is 2. The fourth-order valence-electron chi connectivity index (χ4n) is 1.16. The van der Waals surface area contributed by atoms with E-state index in [2.05, 4.69) is 5.32 Å². The number of nitrogens with one attached hydrogen (secondary N) is 1. The average Bonchev–Trinajstić information content (AvgIpc) is 2.78. The molecule has 1 rings (SSSR count). The molecule has 1 aromatic rings.